The van der Waals surface area contributed by atoms with E-state index in [4.69, 9.17) is 17.0 Å². The number of thiocarbonyl (C=S) groups is 1. The summed E-state index contributed by atoms with van der Waals surface area (Å²) in [6, 6.07) is 8.78. The molecule has 0 spiro atoms. The molecule has 1 aromatic rings. The van der Waals surface area contributed by atoms with Crippen LogP contribution in [0.4, 0.5) is 5.69 Å². The molecule has 0 aromatic heterocycles. The van der Waals surface area contributed by atoms with Crippen molar-refractivity contribution in [3.8, 4) is 5.75 Å². The minimum Gasteiger partial charge on any atom is -0.490 e. The van der Waals surface area contributed by atoms with Gasteiger partial charge in [0.15, 0.2) is 5.11 Å². The van der Waals surface area contributed by atoms with Crippen LogP contribution < -0.4 is 15.4 Å². The number of hydrogen-bond acceptors (Lipinski definition) is 2. The molecule has 0 radical (unpaired) electrons. The van der Waals surface area contributed by atoms with Crippen LogP contribution in [-0.4, -0.2) is 17.3 Å². The highest BCUT2D eigenvalue weighted by atomic mass is 32.1. The molecule has 3 aliphatic carbocycles. The highest BCUT2D eigenvalue weighted by Gasteiger charge is 2.39. The highest BCUT2D eigenvalue weighted by molar-refractivity contribution is 7.80. The van der Waals surface area contributed by atoms with Crippen LogP contribution in [0.1, 0.15) is 51.4 Å². The van der Waals surface area contributed by atoms with Gasteiger partial charge in [-0.15, -0.1) is 0 Å². The minimum atomic E-state index is 0.411. The second-order valence-corrected chi connectivity index (χ2v) is 7.84. The van der Waals surface area contributed by atoms with Gasteiger partial charge in [0.25, 0.3) is 0 Å². The largest absolute Gasteiger partial charge is 0.490 e. The second-order valence-electron chi connectivity index (χ2n) is 7.43. The van der Waals surface area contributed by atoms with Crippen LogP contribution >= 0.6 is 12.2 Å². The number of rotatable bonds is 4. The Morgan fingerprint density at radius 1 is 1.00 bits per heavy atom. The molecule has 3 fully saturated rings. The van der Waals surface area contributed by atoms with E-state index >= 15 is 0 Å². The molecule has 2 bridgehead atoms. The van der Waals surface area contributed by atoms with E-state index in [9.17, 15) is 0 Å². The number of hydrogen-bond donors (Lipinski definition) is 2. The van der Waals surface area contributed by atoms with E-state index in [1.165, 1.54) is 51.4 Å². The summed E-state index contributed by atoms with van der Waals surface area (Å²) in [5, 5.41) is 7.59. The van der Waals surface area contributed by atoms with Crippen molar-refractivity contribution in [3.63, 3.8) is 0 Å². The molecule has 1 aromatic carbocycles. The van der Waals surface area contributed by atoms with Gasteiger partial charge in [-0.25, -0.2) is 0 Å². The molecule has 0 amide bonds. The molecule has 3 atom stereocenters. The maximum Gasteiger partial charge on any atom is 0.171 e. The smallest absolute Gasteiger partial charge is 0.171 e. The summed E-state index contributed by atoms with van der Waals surface area (Å²) in [7, 11) is 0. The van der Waals surface area contributed by atoms with Gasteiger partial charge in [-0.2, -0.15) is 0 Å². The van der Waals surface area contributed by atoms with Gasteiger partial charge in [0.2, 0.25) is 0 Å². The molecule has 0 saturated heterocycles. The van der Waals surface area contributed by atoms with Crippen LogP contribution in [0.2, 0.25) is 0 Å². The summed E-state index contributed by atoms with van der Waals surface area (Å²) in [5.41, 5.74) is 1.03. The zero-order valence-corrected chi connectivity index (χ0v) is 14.4. The summed E-state index contributed by atoms with van der Waals surface area (Å²) < 4.78 is 6.00. The SMILES string of the molecule is S=C(Nc1ccc(OC2CCCC2)cc1)NC1CC2CCC1C2. The highest BCUT2D eigenvalue weighted by Crippen LogP contribution is 2.44. The van der Waals surface area contributed by atoms with Crippen LogP contribution in [0, 0.1) is 11.8 Å². The number of benzene rings is 1. The number of nitrogens with one attached hydrogen (secondary N) is 2. The summed E-state index contributed by atoms with van der Waals surface area (Å²) in [6.45, 7) is 0. The van der Waals surface area contributed by atoms with E-state index in [1.54, 1.807) is 0 Å². The van der Waals surface area contributed by atoms with E-state index in [0.717, 1.165) is 28.4 Å². The number of fused-ring (bicyclic) bond motifs is 2. The molecule has 0 heterocycles. The van der Waals surface area contributed by atoms with Crippen molar-refractivity contribution in [1.29, 1.82) is 0 Å². The molecule has 4 rings (SSSR count). The molecule has 124 valence electrons. The van der Waals surface area contributed by atoms with Crippen molar-refractivity contribution in [2.24, 2.45) is 11.8 Å². The summed E-state index contributed by atoms with van der Waals surface area (Å²) in [6.07, 6.45) is 10.9. The second kappa shape index (κ2) is 6.68. The van der Waals surface area contributed by atoms with Gasteiger partial charge in [0, 0.05) is 11.7 Å². The van der Waals surface area contributed by atoms with E-state index < -0.39 is 0 Å². The first-order valence-corrected chi connectivity index (χ1v) is 9.51. The number of ether oxygens (including phenoxy) is 1. The van der Waals surface area contributed by atoms with Crippen molar-refractivity contribution in [1.82, 2.24) is 5.32 Å². The van der Waals surface area contributed by atoms with E-state index in [0.29, 0.717) is 12.1 Å². The van der Waals surface area contributed by atoms with Crippen LogP contribution in [0.5, 0.6) is 5.75 Å². The quantitative estimate of drug-likeness (QED) is 0.797. The van der Waals surface area contributed by atoms with Crippen molar-refractivity contribution in [2.45, 2.75) is 63.5 Å². The Kier molecular flexibility index (Phi) is 4.43. The maximum atomic E-state index is 6.00. The zero-order chi connectivity index (χ0) is 15.6. The van der Waals surface area contributed by atoms with Gasteiger partial charge in [0.1, 0.15) is 5.75 Å². The average Bonchev–Trinajstić information content (AvgIpc) is 3.27. The third-order valence-electron chi connectivity index (χ3n) is 5.77. The van der Waals surface area contributed by atoms with Crippen molar-refractivity contribution >= 4 is 23.0 Å². The van der Waals surface area contributed by atoms with Gasteiger partial charge in [-0.05, 0) is 93.3 Å². The van der Waals surface area contributed by atoms with Crippen LogP contribution in [-0.2, 0) is 0 Å². The fraction of sp³-hybridized carbons (Fsp3) is 0.632. The summed E-state index contributed by atoms with van der Waals surface area (Å²) in [5.74, 6) is 2.74. The first kappa shape index (κ1) is 15.3. The standard InChI is InChI=1S/C19H26N2OS/c23-19(21-18-12-13-5-6-14(18)11-13)20-15-7-9-17(10-8-15)22-16-3-1-2-4-16/h7-10,13-14,16,18H,1-6,11-12H2,(H2,20,21,23). The fourth-order valence-corrected chi connectivity index (χ4v) is 4.84. The fourth-order valence-electron chi connectivity index (χ4n) is 4.57. The Morgan fingerprint density at radius 2 is 1.78 bits per heavy atom. The predicted molar refractivity (Wildman–Crippen MR) is 97.9 cm³/mol. The normalized spacial score (nSPS) is 29.7. The third kappa shape index (κ3) is 3.63. The average molecular weight is 330 g/mol. The molecule has 3 saturated carbocycles. The summed E-state index contributed by atoms with van der Waals surface area (Å²) >= 11 is 5.48. The summed E-state index contributed by atoms with van der Waals surface area (Å²) in [4.78, 5) is 0. The molecule has 3 aliphatic rings. The lowest BCUT2D eigenvalue weighted by molar-refractivity contribution is 0.210. The van der Waals surface area contributed by atoms with Gasteiger partial charge >= 0.3 is 0 Å². The Hall–Kier alpha value is -1.29. The first-order valence-electron chi connectivity index (χ1n) is 9.10. The molecular weight excluding hydrogens is 304 g/mol. The topological polar surface area (TPSA) is 33.3 Å². The lowest BCUT2D eigenvalue weighted by Gasteiger charge is -2.24. The Bertz CT molecular complexity index is 553. The predicted octanol–water partition coefficient (Wildman–Crippen LogP) is 4.48. The minimum absolute atomic E-state index is 0.411. The van der Waals surface area contributed by atoms with Crippen molar-refractivity contribution < 1.29 is 4.74 Å². The van der Waals surface area contributed by atoms with Gasteiger partial charge in [0.05, 0.1) is 6.10 Å². The third-order valence-corrected chi connectivity index (χ3v) is 5.99. The zero-order valence-electron chi connectivity index (χ0n) is 13.6. The molecule has 3 nitrogen and oxygen atoms in total. The molecule has 23 heavy (non-hydrogen) atoms. The lowest BCUT2D eigenvalue weighted by atomic mass is 9.96. The lowest BCUT2D eigenvalue weighted by Crippen LogP contribution is -2.40. The Labute approximate surface area is 144 Å². The molecular formula is C19H26N2OS. The molecule has 2 N–H and O–H groups in total. The molecule has 3 unspecified atom stereocenters. The van der Waals surface area contributed by atoms with Gasteiger partial charge < -0.3 is 15.4 Å². The maximum absolute atomic E-state index is 6.00. The van der Waals surface area contributed by atoms with Crippen LogP contribution in [0.25, 0.3) is 0 Å². The Morgan fingerprint density at radius 3 is 2.43 bits per heavy atom. The van der Waals surface area contributed by atoms with Gasteiger partial charge in [-0.1, -0.05) is 6.42 Å². The number of anilines is 1. The first-order chi connectivity index (χ1) is 11.3. The van der Waals surface area contributed by atoms with Gasteiger partial charge in [-0.3, -0.25) is 0 Å². The molecule has 4 heteroatoms. The van der Waals surface area contributed by atoms with Crippen molar-refractivity contribution in [3.05, 3.63) is 24.3 Å². The molecule has 0 aliphatic heterocycles. The van der Waals surface area contributed by atoms with E-state index in [-0.39, 0.29) is 0 Å². The van der Waals surface area contributed by atoms with E-state index in [2.05, 4.69) is 22.8 Å². The van der Waals surface area contributed by atoms with Crippen LogP contribution in [0.3, 0.4) is 0 Å². The monoisotopic (exact) mass is 330 g/mol. The van der Waals surface area contributed by atoms with Crippen LogP contribution in [0.15, 0.2) is 24.3 Å². The van der Waals surface area contributed by atoms with E-state index in [1.807, 2.05) is 12.1 Å². The van der Waals surface area contributed by atoms with Crippen molar-refractivity contribution in [2.75, 3.05) is 5.32 Å². The Balaban J connectivity index is 1.27.